The van der Waals surface area contributed by atoms with Crippen molar-refractivity contribution in [2.45, 2.75) is 6.10 Å². The maximum atomic E-state index is 10.7. The molecule has 1 atom stereocenters. The number of hydrogen-bond acceptors (Lipinski definition) is 6. The Bertz CT molecular complexity index is 419. The smallest absolute Gasteiger partial charge is 0.310 e. The molecule has 1 aromatic rings. The lowest BCUT2D eigenvalue weighted by atomic mass is 10.2. The number of carbonyl (C=O) groups excluding carboxylic acids is 1. The molecule has 17 heavy (non-hydrogen) atoms. The maximum Gasteiger partial charge on any atom is 0.310 e. The molecule has 0 aliphatic rings. The first-order valence-corrected chi connectivity index (χ1v) is 4.73. The van der Waals surface area contributed by atoms with Crippen molar-refractivity contribution in [3.63, 3.8) is 0 Å². The Morgan fingerprint density at radius 2 is 2.24 bits per heavy atom. The normalized spacial score (nSPS) is 11.9. The third-order valence-corrected chi connectivity index (χ3v) is 1.96. The van der Waals surface area contributed by atoms with E-state index in [4.69, 9.17) is 14.9 Å². The third-order valence-electron chi connectivity index (χ3n) is 1.96. The molecule has 1 rings (SSSR count). The van der Waals surface area contributed by atoms with Gasteiger partial charge in [-0.3, -0.25) is 14.9 Å². The fourth-order valence-corrected chi connectivity index (χ4v) is 1.11. The van der Waals surface area contributed by atoms with Gasteiger partial charge in [-0.25, -0.2) is 0 Å². The van der Waals surface area contributed by atoms with Gasteiger partial charge in [0.1, 0.15) is 19.0 Å². The standard InChI is InChI=1S/C10H11NO6/c12-4-7-1-2-9(11(15)16)10(3-7)17-6-8(14)5-13/h1-4,8,13-14H,5-6H2. The van der Waals surface area contributed by atoms with E-state index in [0.717, 1.165) is 6.07 Å². The molecule has 0 aliphatic carbocycles. The van der Waals surface area contributed by atoms with Gasteiger partial charge < -0.3 is 14.9 Å². The van der Waals surface area contributed by atoms with E-state index in [1.54, 1.807) is 0 Å². The number of nitrogens with zero attached hydrogens (tertiary/aromatic N) is 1. The van der Waals surface area contributed by atoms with Crippen LogP contribution in [0, 0.1) is 10.1 Å². The number of aliphatic hydroxyl groups is 2. The molecule has 0 radical (unpaired) electrons. The molecule has 92 valence electrons. The second-order valence-electron chi connectivity index (χ2n) is 3.25. The van der Waals surface area contributed by atoms with Crippen molar-refractivity contribution in [3.8, 4) is 5.75 Å². The third kappa shape index (κ3) is 3.51. The van der Waals surface area contributed by atoms with Gasteiger partial charge in [-0.1, -0.05) is 0 Å². The zero-order chi connectivity index (χ0) is 12.8. The highest BCUT2D eigenvalue weighted by Gasteiger charge is 2.16. The summed E-state index contributed by atoms with van der Waals surface area (Å²) in [5.74, 6) is -0.118. The highest BCUT2D eigenvalue weighted by Crippen LogP contribution is 2.27. The fourth-order valence-electron chi connectivity index (χ4n) is 1.11. The minimum Gasteiger partial charge on any atom is -0.484 e. The molecule has 0 aliphatic heterocycles. The molecule has 0 saturated carbocycles. The number of aliphatic hydroxyl groups excluding tert-OH is 2. The predicted octanol–water partition coefficient (Wildman–Crippen LogP) is 0.139. The van der Waals surface area contributed by atoms with E-state index in [0.29, 0.717) is 6.29 Å². The SMILES string of the molecule is O=Cc1ccc([N+](=O)[O-])c(OCC(O)CO)c1. The number of nitro groups is 1. The number of benzene rings is 1. The minimum atomic E-state index is -1.13. The Labute approximate surface area is 96.4 Å². The van der Waals surface area contributed by atoms with Gasteiger partial charge in [0.15, 0.2) is 5.75 Å². The summed E-state index contributed by atoms with van der Waals surface area (Å²) in [4.78, 5) is 20.5. The molecule has 1 unspecified atom stereocenters. The summed E-state index contributed by atoms with van der Waals surface area (Å²) in [6.07, 6.45) is -0.603. The van der Waals surface area contributed by atoms with Gasteiger partial charge >= 0.3 is 5.69 Å². The molecule has 7 nitrogen and oxygen atoms in total. The van der Waals surface area contributed by atoms with Crippen molar-refractivity contribution in [3.05, 3.63) is 33.9 Å². The quantitative estimate of drug-likeness (QED) is 0.416. The minimum absolute atomic E-state index is 0.118. The van der Waals surface area contributed by atoms with Crippen molar-refractivity contribution in [2.75, 3.05) is 13.2 Å². The zero-order valence-electron chi connectivity index (χ0n) is 8.78. The van der Waals surface area contributed by atoms with E-state index in [2.05, 4.69) is 0 Å². The predicted molar refractivity (Wildman–Crippen MR) is 57.1 cm³/mol. The van der Waals surface area contributed by atoms with Crippen LogP contribution in [0.2, 0.25) is 0 Å². The zero-order valence-corrected chi connectivity index (χ0v) is 8.78. The van der Waals surface area contributed by atoms with Crippen LogP contribution in [-0.4, -0.2) is 40.7 Å². The first kappa shape index (κ1) is 13.1. The van der Waals surface area contributed by atoms with Crippen LogP contribution in [0.5, 0.6) is 5.75 Å². The van der Waals surface area contributed by atoms with E-state index in [1.165, 1.54) is 12.1 Å². The summed E-state index contributed by atoms with van der Waals surface area (Å²) in [5, 5.41) is 28.3. The Balaban J connectivity index is 2.93. The van der Waals surface area contributed by atoms with Gasteiger partial charge in [0.2, 0.25) is 0 Å². The van der Waals surface area contributed by atoms with Crippen molar-refractivity contribution in [1.82, 2.24) is 0 Å². The number of aldehydes is 1. The van der Waals surface area contributed by atoms with E-state index < -0.39 is 17.6 Å². The van der Waals surface area contributed by atoms with Crippen LogP contribution < -0.4 is 4.74 Å². The molecule has 0 heterocycles. The molecule has 0 amide bonds. The first-order valence-electron chi connectivity index (χ1n) is 4.73. The van der Waals surface area contributed by atoms with Crippen molar-refractivity contribution < 1.29 is 24.7 Å². The average molecular weight is 241 g/mol. The van der Waals surface area contributed by atoms with Crippen molar-refractivity contribution in [2.24, 2.45) is 0 Å². The van der Waals surface area contributed by atoms with E-state index in [1.807, 2.05) is 0 Å². The number of rotatable bonds is 6. The first-order chi connectivity index (χ1) is 8.08. The molecular weight excluding hydrogens is 230 g/mol. The highest BCUT2D eigenvalue weighted by atomic mass is 16.6. The number of carbonyl (C=O) groups is 1. The molecule has 0 aromatic heterocycles. The second kappa shape index (κ2) is 5.92. The summed E-state index contributed by atoms with van der Waals surface area (Å²) < 4.78 is 4.98. The van der Waals surface area contributed by atoms with Crippen molar-refractivity contribution in [1.29, 1.82) is 0 Å². The fraction of sp³-hybridized carbons (Fsp3) is 0.300. The topological polar surface area (TPSA) is 110 Å². The van der Waals surface area contributed by atoms with Crippen LogP contribution in [0.15, 0.2) is 18.2 Å². The maximum absolute atomic E-state index is 10.7. The number of hydrogen-bond donors (Lipinski definition) is 2. The van der Waals surface area contributed by atoms with E-state index in [9.17, 15) is 14.9 Å². The lowest BCUT2D eigenvalue weighted by molar-refractivity contribution is -0.385. The van der Waals surface area contributed by atoms with Crippen LogP contribution in [0.25, 0.3) is 0 Å². The summed E-state index contributed by atoms with van der Waals surface area (Å²) in [5.41, 5.74) is -0.0789. The Hall–Kier alpha value is -1.99. The summed E-state index contributed by atoms with van der Waals surface area (Å²) in [6, 6.07) is 3.64. The van der Waals surface area contributed by atoms with Gasteiger partial charge in [-0.15, -0.1) is 0 Å². The van der Waals surface area contributed by atoms with E-state index in [-0.39, 0.29) is 23.6 Å². The van der Waals surface area contributed by atoms with Gasteiger partial charge in [0, 0.05) is 11.6 Å². The Morgan fingerprint density at radius 3 is 2.76 bits per heavy atom. The summed E-state index contributed by atoms with van der Waals surface area (Å²) >= 11 is 0. The monoisotopic (exact) mass is 241 g/mol. The van der Waals surface area contributed by atoms with Gasteiger partial charge in [-0.05, 0) is 12.1 Å². The molecule has 2 N–H and O–H groups in total. The van der Waals surface area contributed by atoms with Gasteiger partial charge in [0.25, 0.3) is 0 Å². The van der Waals surface area contributed by atoms with Gasteiger partial charge in [-0.2, -0.15) is 0 Å². The summed E-state index contributed by atoms with van der Waals surface area (Å²) in [7, 11) is 0. The number of nitro benzene ring substituents is 1. The Kier molecular flexibility index (Phi) is 4.56. The van der Waals surface area contributed by atoms with Crippen LogP contribution in [0.4, 0.5) is 5.69 Å². The molecule has 0 saturated heterocycles. The lowest BCUT2D eigenvalue weighted by Crippen LogP contribution is -2.21. The number of ether oxygens (including phenoxy) is 1. The second-order valence-corrected chi connectivity index (χ2v) is 3.25. The van der Waals surface area contributed by atoms with Gasteiger partial charge in [0.05, 0.1) is 11.5 Å². The van der Waals surface area contributed by atoms with Crippen LogP contribution in [-0.2, 0) is 0 Å². The largest absolute Gasteiger partial charge is 0.484 e. The molecule has 0 bridgehead atoms. The Morgan fingerprint density at radius 1 is 1.53 bits per heavy atom. The highest BCUT2D eigenvalue weighted by molar-refractivity contribution is 5.76. The lowest BCUT2D eigenvalue weighted by Gasteiger charge is -2.10. The summed E-state index contributed by atoms with van der Waals surface area (Å²) in [6.45, 7) is -0.805. The molecule has 0 fully saturated rings. The van der Waals surface area contributed by atoms with Crippen LogP contribution in [0.3, 0.4) is 0 Å². The molecule has 0 spiro atoms. The molecule has 1 aromatic carbocycles. The molecular formula is C10H11NO6. The van der Waals surface area contributed by atoms with Crippen LogP contribution >= 0.6 is 0 Å². The van der Waals surface area contributed by atoms with Crippen LogP contribution in [0.1, 0.15) is 10.4 Å². The average Bonchev–Trinajstić information content (AvgIpc) is 2.35. The molecule has 7 heteroatoms. The van der Waals surface area contributed by atoms with E-state index >= 15 is 0 Å². The van der Waals surface area contributed by atoms with Crippen molar-refractivity contribution >= 4 is 12.0 Å².